The molecule has 0 fully saturated rings. The van der Waals surface area contributed by atoms with Crippen LogP contribution in [0.3, 0.4) is 0 Å². The Morgan fingerprint density at radius 2 is 2.31 bits per heavy atom. The molecule has 0 spiro atoms. The summed E-state index contributed by atoms with van der Waals surface area (Å²) in [4.78, 5) is 11.3. The monoisotopic (exact) mass is 239 g/mol. The number of ether oxygens (including phenoxy) is 1. The van der Waals surface area contributed by atoms with Crippen LogP contribution in [0.25, 0.3) is 0 Å². The quantitative estimate of drug-likeness (QED) is 0.820. The highest BCUT2D eigenvalue weighted by atomic mass is 35.5. The minimum absolute atomic E-state index is 0.110. The fraction of sp³-hybridized carbons (Fsp3) is 0.273. The zero-order valence-corrected chi connectivity index (χ0v) is 9.41. The fourth-order valence-electron chi connectivity index (χ4n) is 1.25. The summed E-state index contributed by atoms with van der Waals surface area (Å²) in [6.45, 7) is 1.93. The molecule has 0 amide bonds. The zero-order valence-electron chi connectivity index (χ0n) is 8.66. The van der Waals surface area contributed by atoms with E-state index in [9.17, 15) is 9.90 Å². The lowest BCUT2D eigenvalue weighted by Crippen LogP contribution is -2.09. The molecule has 5 heteroatoms. The van der Waals surface area contributed by atoms with Gasteiger partial charge in [-0.25, -0.2) is 0 Å². The molecule has 1 aromatic carbocycles. The fourth-order valence-corrected chi connectivity index (χ4v) is 1.42. The lowest BCUT2D eigenvalue weighted by molar-refractivity contribution is -0.142. The van der Waals surface area contributed by atoms with E-state index in [1.165, 1.54) is 12.1 Å². The third kappa shape index (κ3) is 2.65. The maximum Gasteiger partial charge on any atom is 0.310 e. The average Bonchev–Trinajstić information content (AvgIpc) is 2.25. The molecule has 1 N–H and O–H groups in total. The van der Waals surface area contributed by atoms with Crippen LogP contribution in [0.2, 0.25) is 5.02 Å². The number of halogens is 1. The van der Waals surface area contributed by atoms with Crippen molar-refractivity contribution < 1.29 is 14.6 Å². The molecule has 0 unspecified atom stereocenters. The van der Waals surface area contributed by atoms with E-state index in [1.54, 1.807) is 6.92 Å². The van der Waals surface area contributed by atoms with Gasteiger partial charge in [-0.3, -0.25) is 4.79 Å². The van der Waals surface area contributed by atoms with Gasteiger partial charge in [0.15, 0.2) is 0 Å². The zero-order chi connectivity index (χ0) is 12.1. The van der Waals surface area contributed by atoms with Gasteiger partial charge in [0, 0.05) is 5.56 Å². The highest BCUT2D eigenvalue weighted by molar-refractivity contribution is 6.32. The summed E-state index contributed by atoms with van der Waals surface area (Å²) in [6, 6.07) is 4.75. The Bertz CT molecular complexity index is 451. The van der Waals surface area contributed by atoms with E-state index < -0.39 is 5.97 Å². The maximum absolute atomic E-state index is 11.3. The number of carbonyl (C=O) groups excluding carboxylic acids is 1. The van der Waals surface area contributed by atoms with Crippen LogP contribution in [-0.4, -0.2) is 17.7 Å². The van der Waals surface area contributed by atoms with Crippen LogP contribution in [-0.2, 0) is 16.0 Å². The van der Waals surface area contributed by atoms with Gasteiger partial charge >= 0.3 is 5.97 Å². The minimum Gasteiger partial charge on any atom is -0.506 e. The van der Waals surface area contributed by atoms with E-state index in [-0.39, 0.29) is 34.9 Å². The second-order valence-electron chi connectivity index (χ2n) is 3.02. The van der Waals surface area contributed by atoms with E-state index in [1.807, 2.05) is 6.07 Å². The van der Waals surface area contributed by atoms with Crippen molar-refractivity contribution in [1.29, 1.82) is 5.26 Å². The summed E-state index contributed by atoms with van der Waals surface area (Å²) < 4.78 is 4.74. The summed E-state index contributed by atoms with van der Waals surface area (Å²) >= 11 is 5.69. The van der Waals surface area contributed by atoms with Crippen molar-refractivity contribution in [3.8, 4) is 11.8 Å². The molecule has 0 aromatic heterocycles. The Hall–Kier alpha value is -1.73. The van der Waals surface area contributed by atoms with Crippen molar-refractivity contribution in [1.82, 2.24) is 0 Å². The molecule has 0 bridgehead atoms. The third-order valence-corrected chi connectivity index (χ3v) is 2.29. The number of phenolic OH excluding ortho intramolecular Hbond substituents is 1. The molecule has 1 aromatic rings. The molecule has 84 valence electrons. The normalized spacial score (nSPS) is 9.56. The number of esters is 1. The Kier molecular flexibility index (Phi) is 4.15. The first kappa shape index (κ1) is 12.3. The first-order valence-corrected chi connectivity index (χ1v) is 5.04. The van der Waals surface area contributed by atoms with Crippen LogP contribution in [0, 0.1) is 11.3 Å². The van der Waals surface area contributed by atoms with E-state index >= 15 is 0 Å². The van der Waals surface area contributed by atoms with Crippen molar-refractivity contribution in [2.75, 3.05) is 6.61 Å². The van der Waals surface area contributed by atoms with Crippen molar-refractivity contribution in [2.45, 2.75) is 13.3 Å². The van der Waals surface area contributed by atoms with Crippen molar-refractivity contribution >= 4 is 17.6 Å². The largest absolute Gasteiger partial charge is 0.506 e. The number of phenols is 1. The van der Waals surface area contributed by atoms with Crippen LogP contribution in [0.4, 0.5) is 0 Å². The highest BCUT2D eigenvalue weighted by Crippen LogP contribution is 2.30. The van der Waals surface area contributed by atoms with Gasteiger partial charge in [-0.1, -0.05) is 11.6 Å². The van der Waals surface area contributed by atoms with Crippen molar-refractivity contribution in [2.24, 2.45) is 0 Å². The number of hydrogen-bond acceptors (Lipinski definition) is 4. The molecule has 0 atom stereocenters. The Morgan fingerprint density at radius 3 is 2.88 bits per heavy atom. The smallest absolute Gasteiger partial charge is 0.310 e. The number of nitriles is 1. The number of aromatic hydroxyl groups is 1. The molecule has 4 nitrogen and oxygen atoms in total. The highest BCUT2D eigenvalue weighted by Gasteiger charge is 2.15. The Labute approximate surface area is 98.0 Å². The maximum atomic E-state index is 11.3. The second-order valence-corrected chi connectivity index (χ2v) is 3.42. The predicted molar refractivity (Wildman–Crippen MR) is 58.2 cm³/mol. The molecule has 0 saturated carbocycles. The molecule has 16 heavy (non-hydrogen) atoms. The summed E-state index contributed by atoms with van der Waals surface area (Å²) in [5.74, 6) is -0.745. The van der Waals surface area contributed by atoms with Crippen LogP contribution in [0.15, 0.2) is 12.1 Å². The number of nitrogens with zero attached hydrogens (tertiary/aromatic N) is 1. The van der Waals surface area contributed by atoms with E-state index in [0.717, 1.165) is 0 Å². The third-order valence-electron chi connectivity index (χ3n) is 1.98. The van der Waals surface area contributed by atoms with Crippen LogP contribution in [0.1, 0.15) is 18.1 Å². The molecule has 0 heterocycles. The van der Waals surface area contributed by atoms with E-state index in [0.29, 0.717) is 0 Å². The van der Waals surface area contributed by atoms with Gasteiger partial charge in [-0.2, -0.15) is 5.26 Å². The molecule has 0 aliphatic heterocycles. The van der Waals surface area contributed by atoms with Gasteiger partial charge in [-0.05, 0) is 19.1 Å². The van der Waals surface area contributed by atoms with Gasteiger partial charge in [0.2, 0.25) is 0 Å². The number of benzene rings is 1. The van der Waals surface area contributed by atoms with Crippen LogP contribution >= 0.6 is 11.6 Å². The van der Waals surface area contributed by atoms with Crippen LogP contribution < -0.4 is 0 Å². The summed E-state index contributed by atoms with van der Waals surface area (Å²) in [5, 5.41) is 18.6. The van der Waals surface area contributed by atoms with Gasteiger partial charge in [0.1, 0.15) is 5.75 Å². The topological polar surface area (TPSA) is 70.3 Å². The van der Waals surface area contributed by atoms with E-state index in [4.69, 9.17) is 21.6 Å². The summed E-state index contributed by atoms with van der Waals surface area (Å²) in [5.41, 5.74) is 0.420. The SMILES string of the molecule is CCOC(=O)Cc1c(C#N)ccc(Cl)c1O. The minimum atomic E-state index is -0.503. The Morgan fingerprint density at radius 1 is 1.62 bits per heavy atom. The molecular weight excluding hydrogens is 230 g/mol. The molecular formula is C11H10ClNO3. The van der Waals surface area contributed by atoms with Gasteiger partial charge in [-0.15, -0.1) is 0 Å². The lowest BCUT2D eigenvalue weighted by atomic mass is 10.0. The number of rotatable bonds is 3. The summed E-state index contributed by atoms with van der Waals surface area (Å²) in [6.07, 6.45) is -0.164. The first-order valence-electron chi connectivity index (χ1n) is 4.66. The average molecular weight is 240 g/mol. The molecule has 0 aliphatic carbocycles. The first-order chi connectivity index (χ1) is 7.60. The molecule has 0 aliphatic rings. The number of hydrogen-bond donors (Lipinski definition) is 1. The van der Waals surface area contributed by atoms with Crippen molar-refractivity contribution in [3.05, 3.63) is 28.3 Å². The Balaban J connectivity index is 3.07. The standard InChI is InChI=1S/C11H10ClNO3/c1-2-16-10(14)5-8-7(6-13)3-4-9(12)11(8)15/h3-4,15H,2,5H2,1H3. The molecule has 0 saturated heterocycles. The predicted octanol–water partition coefficient (Wildman–Crippen LogP) is 2.02. The van der Waals surface area contributed by atoms with Gasteiger partial charge in [0.05, 0.1) is 29.7 Å². The molecule has 0 radical (unpaired) electrons. The van der Waals surface area contributed by atoms with Gasteiger partial charge in [0.25, 0.3) is 0 Å². The van der Waals surface area contributed by atoms with Gasteiger partial charge < -0.3 is 9.84 Å². The van der Waals surface area contributed by atoms with Crippen LogP contribution in [0.5, 0.6) is 5.75 Å². The lowest BCUT2D eigenvalue weighted by Gasteiger charge is -2.07. The second kappa shape index (κ2) is 5.38. The van der Waals surface area contributed by atoms with E-state index in [2.05, 4.69) is 0 Å². The molecule has 1 rings (SSSR count). The summed E-state index contributed by atoms with van der Waals surface area (Å²) in [7, 11) is 0. The number of carbonyl (C=O) groups is 1. The van der Waals surface area contributed by atoms with Crippen molar-refractivity contribution in [3.63, 3.8) is 0 Å².